The Morgan fingerprint density at radius 2 is 2.29 bits per heavy atom. The average Bonchev–Trinajstić information content (AvgIpc) is 2.88. The van der Waals surface area contributed by atoms with Crippen molar-refractivity contribution in [2.75, 3.05) is 13.1 Å². The van der Waals surface area contributed by atoms with Crippen LogP contribution < -0.4 is 5.32 Å². The highest BCUT2D eigenvalue weighted by Gasteiger charge is 2.38. The average molecular weight is 286 g/mol. The van der Waals surface area contributed by atoms with E-state index in [2.05, 4.69) is 41.7 Å². The Hall–Kier alpha value is -1.42. The molecule has 2 aromatic rings. The van der Waals surface area contributed by atoms with Crippen molar-refractivity contribution >= 4 is 11.2 Å². The van der Waals surface area contributed by atoms with Gasteiger partial charge in [-0.25, -0.2) is 9.97 Å². The molecule has 21 heavy (non-hydrogen) atoms. The molecule has 3 rings (SSSR count). The first kappa shape index (κ1) is 14.5. The van der Waals surface area contributed by atoms with Gasteiger partial charge in [-0.15, -0.1) is 0 Å². The van der Waals surface area contributed by atoms with E-state index >= 15 is 0 Å². The third-order valence-corrected chi connectivity index (χ3v) is 4.64. The number of fused-ring (bicyclic) bond motifs is 1. The smallest absolute Gasteiger partial charge is 0.160 e. The fourth-order valence-corrected chi connectivity index (χ4v) is 3.76. The van der Waals surface area contributed by atoms with Crippen molar-refractivity contribution < 1.29 is 0 Å². The van der Waals surface area contributed by atoms with E-state index in [1.165, 1.54) is 31.5 Å². The Kier molecular flexibility index (Phi) is 3.98. The van der Waals surface area contributed by atoms with Crippen LogP contribution in [-0.4, -0.2) is 27.6 Å². The third-order valence-electron chi connectivity index (χ3n) is 4.64. The molecule has 0 aliphatic carbocycles. The molecule has 1 fully saturated rings. The van der Waals surface area contributed by atoms with Crippen LogP contribution in [0.4, 0.5) is 0 Å². The van der Waals surface area contributed by atoms with Gasteiger partial charge >= 0.3 is 0 Å². The standard InChI is InChI=1S/C17H26N4/c1-4-8-17(9-6-10-18-12-17)16-20-14-7-5-11-19-15(14)21(16)13(2)3/h5,7,11,13,18H,4,6,8-10,12H2,1-3H3. The molecule has 0 spiro atoms. The molecule has 4 nitrogen and oxygen atoms in total. The maximum absolute atomic E-state index is 5.01. The van der Waals surface area contributed by atoms with E-state index < -0.39 is 0 Å². The van der Waals surface area contributed by atoms with Crippen molar-refractivity contribution in [2.45, 2.75) is 57.9 Å². The molecule has 1 atom stereocenters. The van der Waals surface area contributed by atoms with Gasteiger partial charge in [-0.1, -0.05) is 13.3 Å². The van der Waals surface area contributed by atoms with Crippen molar-refractivity contribution in [2.24, 2.45) is 0 Å². The molecule has 3 heterocycles. The molecule has 1 aliphatic heterocycles. The normalized spacial score (nSPS) is 23.0. The molecule has 1 unspecified atom stereocenters. The summed E-state index contributed by atoms with van der Waals surface area (Å²) in [4.78, 5) is 9.60. The number of rotatable bonds is 4. The number of piperidine rings is 1. The molecule has 4 heteroatoms. The van der Waals surface area contributed by atoms with E-state index in [9.17, 15) is 0 Å². The summed E-state index contributed by atoms with van der Waals surface area (Å²) in [5.74, 6) is 1.24. The minimum Gasteiger partial charge on any atom is -0.316 e. The summed E-state index contributed by atoms with van der Waals surface area (Å²) in [6, 6.07) is 4.45. The van der Waals surface area contributed by atoms with Crippen LogP contribution >= 0.6 is 0 Å². The Labute approximate surface area is 127 Å². The van der Waals surface area contributed by atoms with Crippen molar-refractivity contribution in [1.29, 1.82) is 0 Å². The summed E-state index contributed by atoms with van der Waals surface area (Å²) in [5, 5.41) is 3.60. The van der Waals surface area contributed by atoms with Crippen LogP contribution in [-0.2, 0) is 5.41 Å². The van der Waals surface area contributed by atoms with Gasteiger partial charge < -0.3 is 9.88 Å². The number of hydrogen-bond donors (Lipinski definition) is 1. The molecule has 0 aromatic carbocycles. The minimum atomic E-state index is 0.165. The number of nitrogens with zero attached hydrogens (tertiary/aromatic N) is 3. The van der Waals surface area contributed by atoms with Crippen molar-refractivity contribution in [3.63, 3.8) is 0 Å². The number of nitrogens with one attached hydrogen (secondary N) is 1. The van der Waals surface area contributed by atoms with E-state index in [-0.39, 0.29) is 5.41 Å². The lowest BCUT2D eigenvalue weighted by Gasteiger charge is -2.38. The van der Waals surface area contributed by atoms with Crippen molar-refractivity contribution in [1.82, 2.24) is 19.9 Å². The number of aromatic nitrogens is 3. The molecule has 0 bridgehead atoms. The fraction of sp³-hybridized carbons (Fsp3) is 0.647. The van der Waals surface area contributed by atoms with E-state index in [4.69, 9.17) is 4.98 Å². The summed E-state index contributed by atoms with van der Waals surface area (Å²) < 4.78 is 2.36. The molecule has 2 aromatic heterocycles. The van der Waals surface area contributed by atoms with Gasteiger partial charge in [0, 0.05) is 24.2 Å². The topological polar surface area (TPSA) is 42.7 Å². The monoisotopic (exact) mass is 286 g/mol. The summed E-state index contributed by atoms with van der Waals surface area (Å²) in [6.07, 6.45) is 6.71. The van der Waals surface area contributed by atoms with E-state index in [0.717, 1.165) is 24.3 Å². The van der Waals surface area contributed by atoms with E-state index in [0.29, 0.717) is 6.04 Å². The van der Waals surface area contributed by atoms with Crippen LogP contribution in [0.25, 0.3) is 11.2 Å². The Bertz CT molecular complexity index is 603. The molecule has 1 aliphatic rings. The molecule has 0 amide bonds. The van der Waals surface area contributed by atoms with Crippen LogP contribution in [0.1, 0.15) is 58.3 Å². The zero-order valence-corrected chi connectivity index (χ0v) is 13.4. The Balaban J connectivity index is 2.19. The second-order valence-electron chi connectivity index (χ2n) is 6.56. The summed E-state index contributed by atoms with van der Waals surface area (Å²) in [5.41, 5.74) is 2.23. The lowest BCUT2D eigenvalue weighted by Crippen LogP contribution is -2.45. The summed E-state index contributed by atoms with van der Waals surface area (Å²) >= 11 is 0. The Morgan fingerprint density at radius 1 is 1.43 bits per heavy atom. The van der Waals surface area contributed by atoms with Gasteiger partial charge in [-0.05, 0) is 51.8 Å². The van der Waals surface area contributed by atoms with E-state index in [1.807, 2.05) is 12.3 Å². The quantitative estimate of drug-likeness (QED) is 0.936. The lowest BCUT2D eigenvalue weighted by molar-refractivity contribution is 0.265. The van der Waals surface area contributed by atoms with Crippen LogP contribution in [0.5, 0.6) is 0 Å². The zero-order valence-electron chi connectivity index (χ0n) is 13.4. The van der Waals surface area contributed by atoms with Crippen LogP contribution in [0, 0.1) is 0 Å². The third kappa shape index (κ3) is 2.46. The molecular formula is C17H26N4. The van der Waals surface area contributed by atoms with Crippen LogP contribution in [0.3, 0.4) is 0 Å². The first-order valence-electron chi connectivity index (χ1n) is 8.22. The number of hydrogen-bond acceptors (Lipinski definition) is 3. The second-order valence-corrected chi connectivity index (χ2v) is 6.56. The first-order chi connectivity index (χ1) is 10.2. The van der Waals surface area contributed by atoms with Crippen molar-refractivity contribution in [3.8, 4) is 0 Å². The highest BCUT2D eigenvalue weighted by Crippen LogP contribution is 2.37. The molecule has 0 saturated carbocycles. The molecule has 1 saturated heterocycles. The number of imidazole rings is 1. The Morgan fingerprint density at radius 3 is 2.95 bits per heavy atom. The van der Waals surface area contributed by atoms with Gasteiger partial charge in [-0.3, -0.25) is 0 Å². The molecule has 114 valence electrons. The molecule has 1 N–H and O–H groups in total. The maximum Gasteiger partial charge on any atom is 0.160 e. The predicted molar refractivity (Wildman–Crippen MR) is 86.6 cm³/mol. The van der Waals surface area contributed by atoms with Gasteiger partial charge in [0.2, 0.25) is 0 Å². The molecular weight excluding hydrogens is 260 g/mol. The van der Waals surface area contributed by atoms with Crippen LogP contribution in [0.2, 0.25) is 0 Å². The van der Waals surface area contributed by atoms with Gasteiger partial charge in [-0.2, -0.15) is 0 Å². The first-order valence-corrected chi connectivity index (χ1v) is 8.22. The lowest BCUT2D eigenvalue weighted by atomic mass is 9.76. The highest BCUT2D eigenvalue weighted by molar-refractivity contribution is 5.71. The summed E-state index contributed by atoms with van der Waals surface area (Å²) in [7, 11) is 0. The van der Waals surface area contributed by atoms with Crippen LogP contribution in [0.15, 0.2) is 18.3 Å². The minimum absolute atomic E-state index is 0.165. The summed E-state index contributed by atoms with van der Waals surface area (Å²) in [6.45, 7) is 8.91. The van der Waals surface area contributed by atoms with Gasteiger partial charge in [0.25, 0.3) is 0 Å². The number of pyridine rings is 1. The highest BCUT2D eigenvalue weighted by atomic mass is 15.2. The van der Waals surface area contributed by atoms with Gasteiger partial charge in [0.15, 0.2) is 5.65 Å². The van der Waals surface area contributed by atoms with E-state index in [1.54, 1.807) is 0 Å². The second kappa shape index (κ2) is 5.76. The maximum atomic E-state index is 5.01. The fourth-order valence-electron chi connectivity index (χ4n) is 3.76. The SMILES string of the molecule is CCCC1(c2nc3cccnc3n2C(C)C)CCCNC1. The molecule has 0 radical (unpaired) electrons. The van der Waals surface area contributed by atoms with Gasteiger partial charge in [0.1, 0.15) is 11.3 Å². The largest absolute Gasteiger partial charge is 0.316 e. The van der Waals surface area contributed by atoms with Gasteiger partial charge in [0.05, 0.1) is 0 Å². The zero-order chi connectivity index (χ0) is 14.9. The van der Waals surface area contributed by atoms with Crippen molar-refractivity contribution in [3.05, 3.63) is 24.2 Å². The predicted octanol–water partition coefficient (Wildman–Crippen LogP) is 3.43.